The Labute approximate surface area is 126 Å². The number of hydrogen-bond acceptors (Lipinski definition) is 2. The van der Waals surface area contributed by atoms with Gasteiger partial charge in [0.2, 0.25) is 0 Å². The van der Waals surface area contributed by atoms with E-state index in [4.69, 9.17) is 0 Å². The molecule has 4 rings (SSSR count). The summed E-state index contributed by atoms with van der Waals surface area (Å²) < 4.78 is 0. The number of hydrogen-bond donors (Lipinski definition) is 1. The van der Waals surface area contributed by atoms with Gasteiger partial charge in [-0.2, -0.15) is 0 Å². The molecule has 1 N–H and O–H groups in total. The van der Waals surface area contributed by atoms with Crippen LogP contribution in [0, 0.1) is 0 Å². The Kier molecular flexibility index (Phi) is 3.28. The van der Waals surface area contributed by atoms with Crippen molar-refractivity contribution in [1.29, 1.82) is 0 Å². The summed E-state index contributed by atoms with van der Waals surface area (Å²) >= 11 is 0. The second-order valence-electron chi connectivity index (χ2n) is 6.21. The van der Waals surface area contributed by atoms with E-state index in [0.717, 1.165) is 32.6 Å². The van der Waals surface area contributed by atoms with E-state index in [1.54, 1.807) is 0 Å². The number of rotatable bonds is 2. The zero-order chi connectivity index (χ0) is 14.2. The fourth-order valence-corrected chi connectivity index (χ4v) is 3.71. The molecule has 0 radical (unpaired) electrons. The van der Waals surface area contributed by atoms with E-state index in [9.17, 15) is 0 Å². The number of piperazine rings is 1. The van der Waals surface area contributed by atoms with E-state index in [1.807, 2.05) is 0 Å². The second-order valence-corrected chi connectivity index (χ2v) is 6.21. The lowest BCUT2D eigenvalue weighted by atomic mass is 9.99. The number of benzene rings is 2. The maximum Gasteiger partial charge on any atom is 0.0321 e. The first-order valence-electron chi connectivity index (χ1n) is 7.99. The largest absolute Gasteiger partial charge is 0.314 e. The molecule has 2 aromatic rings. The molecule has 1 aliphatic carbocycles. The van der Waals surface area contributed by atoms with Crippen LogP contribution in [0.3, 0.4) is 0 Å². The van der Waals surface area contributed by atoms with Crippen molar-refractivity contribution in [1.82, 2.24) is 10.2 Å². The molecule has 1 saturated heterocycles. The summed E-state index contributed by atoms with van der Waals surface area (Å²) in [5.74, 6) is 0. The third-order valence-corrected chi connectivity index (χ3v) is 5.00. The lowest BCUT2D eigenvalue weighted by Gasteiger charge is -2.33. The van der Waals surface area contributed by atoms with Crippen molar-refractivity contribution < 1.29 is 0 Å². The van der Waals surface area contributed by atoms with Crippen LogP contribution in [-0.2, 0) is 6.42 Å². The van der Waals surface area contributed by atoms with Crippen molar-refractivity contribution in [2.75, 3.05) is 26.2 Å². The minimum atomic E-state index is 0.515. The fraction of sp³-hybridized carbons (Fsp3) is 0.368. The first-order chi connectivity index (χ1) is 10.3. The zero-order valence-electron chi connectivity index (χ0n) is 12.6. The van der Waals surface area contributed by atoms with Crippen LogP contribution in [0.15, 0.2) is 42.5 Å². The average Bonchev–Trinajstić information content (AvgIpc) is 2.92. The first kappa shape index (κ1) is 13.1. The van der Waals surface area contributed by atoms with Crippen LogP contribution in [-0.4, -0.2) is 31.1 Å². The van der Waals surface area contributed by atoms with Gasteiger partial charge in [0.1, 0.15) is 0 Å². The third-order valence-electron chi connectivity index (χ3n) is 5.00. The van der Waals surface area contributed by atoms with Gasteiger partial charge in [0.05, 0.1) is 0 Å². The van der Waals surface area contributed by atoms with E-state index >= 15 is 0 Å². The summed E-state index contributed by atoms with van der Waals surface area (Å²) in [4.78, 5) is 2.58. The summed E-state index contributed by atoms with van der Waals surface area (Å²) in [6, 6.07) is 16.4. The molecule has 21 heavy (non-hydrogen) atoms. The first-order valence-corrected chi connectivity index (χ1v) is 7.99. The number of nitrogens with one attached hydrogen (secondary N) is 1. The van der Waals surface area contributed by atoms with Gasteiger partial charge in [-0.1, -0.05) is 42.5 Å². The Balaban J connectivity index is 1.63. The molecule has 2 heteroatoms. The van der Waals surface area contributed by atoms with Crippen molar-refractivity contribution in [3.63, 3.8) is 0 Å². The Morgan fingerprint density at radius 2 is 1.71 bits per heavy atom. The van der Waals surface area contributed by atoms with E-state index in [0.29, 0.717) is 6.04 Å². The Hall–Kier alpha value is -1.64. The molecule has 108 valence electrons. The lowest BCUT2D eigenvalue weighted by molar-refractivity contribution is 0.185. The highest BCUT2D eigenvalue weighted by molar-refractivity contribution is 5.76. The quantitative estimate of drug-likeness (QED) is 0.774. The molecule has 2 aliphatic rings. The van der Waals surface area contributed by atoms with Crippen molar-refractivity contribution >= 4 is 0 Å². The van der Waals surface area contributed by atoms with Crippen molar-refractivity contribution in [2.45, 2.75) is 19.4 Å². The molecular formula is C19H22N2. The standard InChI is InChI=1S/C19H22N2/c1-14(21-10-8-20-9-11-21)15-6-7-19-17(12-15)13-16-4-2-3-5-18(16)19/h2-7,12,14,20H,8-11,13H2,1H3/t14-/m1/s1. The van der Waals surface area contributed by atoms with Crippen LogP contribution >= 0.6 is 0 Å². The van der Waals surface area contributed by atoms with Crippen LogP contribution < -0.4 is 5.32 Å². The van der Waals surface area contributed by atoms with Gasteiger partial charge in [-0.05, 0) is 41.2 Å². The summed E-state index contributed by atoms with van der Waals surface area (Å²) in [5.41, 5.74) is 7.29. The maximum atomic E-state index is 3.43. The Bertz CT molecular complexity index is 656. The highest BCUT2D eigenvalue weighted by Crippen LogP contribution is 2.38. The van der Waals surface area contributed by atoms with Gasteiger partial charge >= 0.3 is 0 Å². The second kappa shape index (κ2) is 5.28. The Morgan fingerprint density at radius 3 is 2.57 bits per heavy atom. The molecule has 1 fully saturated rings. The zero-order valence-corrected chi connectivity index (χ0v) is 12.6. The predicted molar refractivity (Wildman–Crippen MR) is 87.5 cm³/mol. The lowest BCUT2D eigenvalue weighted by Crippen LogP contribution is -2.44. The molecule has 2 nitrogen and oxygen atoms in total. The van der Waals surface area contributed by atoms with Gasteiger partial charge in [-0.3, -0.25) is 4.90 Å². The smallest absolute Gasteiger partial charge is 0.0321 e. The molecule has 0 amide bonds. The van der Waals surface area contributed by atoms with Gasteiger partial charge < -0.3 is 5.32 Å². The van der Waals surface area contributed by atoms with E-state index in [1.165, 1.54) is 27.8 Å². The maximum absolute atomic E-state index is 3.43. The normalized spacial score (nSPS) is 19.1. The molecule has 1 heterocycles. The van der Waals surface area contributed by atoms with Crippen LogP contribution in [0.5, 0.6) is 0 Å². The number of nitrogens with zero attached hydrogens (tertiary/aromatic N) is 1. The summed E-state index contributed by atoms with van der Waals surface area (Å²) in [6.07, 6.45) is 1.09. The molecule has 1 atom stereocenters. The monoisotopic (exact) mass is 278 g/mol. The number of fused-ring (bicyclic) bond motifs is 3. The SMILES string of the molecule is C[C@H](c1ccc2c(c1)Cc1ccccc1-2)N1CCNCC1. The molecule has 0 bridgehead atoms. The van der Waals surface area contributed by atoms with Gasteiger partial charge in [-0.15, -0.1) is 0 Å². The molecule has 0 aromatic heterocycles. The molecule has 0 spiro atoms. The molecule has 0 saturated carbocycles. The highest BCUT2D eigenvalue weighted by Gasteiger charge is 2.22. The van der Waals surface area contributed by atoms with Crippen molar-refractivity contribution in [3.8, 4) is 11.1 Å². The topological polar surface area (TPSA) is 15.3 Å². The van der Waals surface area contributed by atoms with Crippen LogP contribution in [0.4, 0.5) is 0 Å². The van der Waals surface area contributed by atoms with Crippen LogP contribution in [0.25, 0.3) is 11.1 Å². The summed E-state index contributed by atoms with van der Waals surface area (Å²) in [5, 5.41) is 3.43. The van der Waals surface area contributed by atoms with Gasteiger partial charge in [0.25, 0.3) is 0 Å². The molecule has 0 unspecified atom stereocenters. The summed E-state index contributed by atoms with van der Waals surface area (Å²) in [7, 11) is 0. The predicted octanol–water partition coefficient (Wildman–Crippen LogP) is 3.22. The van der Waals surface area contributed by atoms with E-state index in [2.05, 4.69) is 59.6 Å². The van der Waals surface area contributed by atoms with Gasteiger partial charge in [-0.25, -0.2) is 0 Å². The van der Waals surface area contributed by atoms with E-state index in [-0.39, 0.29) is 0 Å². The van der Waals surface area contributed by atoms with Crippen LogP contribution in [0.2, 0.25) is 0 Å². The average molecular weight is 278 g/mol. The van der Waals surface area contributed by atoms with Crippen molar-refractivity contribution in [2.24, 2.45) is 0 Å². The highest BCUT2D eigenvalue weighted by atomic mass is 15.2. The summed E-state index contributed by atoms with van der Waals surface area (Å²) in [6.45, 7) is 6.87. The minimum absolute atomic E-state index is 0.515. The molecule has 1 aliphatic heterocycles. The third kappa shape index (κ3) is 2.29. The minimum Gasteiger partial charge on any atom is -0.314 e. The molecule has 2 aromatic carbocycles. The van der Waals surface area contributed by atoms with Crippen LogP contribution in [0.1, 0.15) is 29.7 Å². The molecular weight excluding hydrogens is 256 g/mol. The fourth-order valence-electron chi connectivity index (χ4n) is 3.71. The van der Waals surface area contributed by atoms with Crippen molar-refractivity contribution in [3.05, 3.63) is 59.2 Å². The Morgan fingerprint density at radius 1 is 0.952 bits per heavy atom. The van der Waals surface area contributed by atoms with E-state index < -0.39 is 0 Å². The van der Waals surface area contributed by atoms with Gasteiger partial charge in [0.15, 0.2) is 0 Å². The van der Waals surface area contributed by atoms with Gasteiger partial charge in [0, 0.05) is 32.2 Å².